The summed E-state index contributed by atoms with van der Waals surface area (Å²) >= 11 is 12.8. The lowest BCUT2D eigenvalue weighted by Crippen LogP contribution is -2.52. The third-order valence-corrected chi connectivity index (χ3v) is 8.80. The predicted octanol–water partition coefficient (Wildman–Crippen LogP) is 5.75. The highest BCUT2D eigenvalue weighted by Crippen LogP contribution is 2.29. The van der Waals surface area contributed by atoms with Gasteiger partial charge in [-0.2, -0.15) is 0 Å². The van der Waals surface area contributed by atoms with Crippen LogP contribution in [0.15, 0.2) is 71.6 Å². The molecule has 3 aromatic rings. The smallest absolute Gasteiger partial charge is 0.264 e. The lowest BCUT2D eigenvalue weighted by molar-refractivity contribution is -0.140. The first-order valence-electron chi connectivity index (χ1n) is 12.7. The van der Waals surface area contributed by atoms with Crippen LogP contribution >= 0.6 is 23.2 Å². The number of hydrogen-bond donors (Lipinski definition) is 1. The van der Waals surface area contributed by atoms with Crippen LogP contribution in [0.3, 0.4) is 0 Å². The molecular formula is C29H33Cl2N3O4S. The molecule has 0 saturated carbocycles. The second-order valence-corrected chi connectivity index (χ2v) is 11.9. The standard InChI is InChI=1S/C29H33Cl2N3O4S/c1-5-27(29(36)32-6-2)33(18-24-25(30)11-8-12-26(24)31)28(35)19-34(22-10-7-9-21(4)17-22)39(37,38)23-15-13-20(3)14-16-23/h7-17,27H,5-6,18-19H2,1-4H3,(H,32,36)/t27-/m0/s1. The van der Waals surface area contributed by atoms with Crippen LogP contribution in [0.2, 0.25) is 10.0 Å². The Bertz CT molecular complexity index is 1410. The summed E-state index contributed by atoms with van der Waals surface area (Å²) in [6, 6.07) is 17.5. The average molecular weight is 591 g/mol. The maximum absolute atomic E-state index is 14.0. The summed E-state index contributed by atoms with van der Waals surface area (Å²) in [4.78, 5) is 28.5. The first-order valence-corrected chi connectivity index (χ1v) is 14.8. The Hall–Kier alpha value is -3.07. The molecule has 0 aliphatic rings. The number of carbonyl (C=O) groups is 2. The minimum atomic E-state index is -4.14. The third-order valence-electron chi connectivity index (χ3n) is 6.30. The molecule has 1 atom stereocenters. The van der Waals surface area contributed by atoms with Gasteiger partial charge in [0.25, 0.3) is 10.0 Å². The van der Waals surface area contributed by atoms with Crippen LogP contribution in [0.4, 0.5) is 5.69 Å². The van der Waals surface area contributed by atoms with Crippen molar-refractivity contribution in [3.63, 3.8) is 0 Å². The topological polar surface area (TPSA) is 86.8 Å². The molecule has 208 valence electrons. The lowest BCUT2D eigenvalue weighted by atomic mass is 10.1. The van der Waals surface area contributed by atoms with E-state index in [2.05, 4.69) is 5.32 Å². The number of carbonyl (C=O) groups excluding carboxylic acids is 2. The van der Waals surface area contributed by atoms with E-state index in [1.165, 1.54) is 17.0 Å². The van der Waals surface area contributed by atoms with E-state index in [0.717, 1.165) is 15.4 Å². The number of aryl methyl sites for hydroxylation is 2. The maximum Gasteiger partial charge on any atom is 0.264 e. The summed E-state index contributed by atoms with van der Waals surface area (Å²) in [6.45, 7) is 7.06. The number of anilines is 1. The first kappa shape index (κ1) is 30.5. The molecule has 0 bridgehead atoms. The Morgan fingerprint density at radius 1 is 0.897 bits per heavy atom. The molecule has 2 amide bonds. The van der Waals surface area contributed by atoms with Crippen molar-refractivity contribution in [2.24, 2.45) is 0 Å². The van der Waals surface area contributed by atoms with Crippen LogP contribution in [0.1, 0.15) is 37.0 Å². The molecular weight excluding hydrogens is 557 g/mol. The highest BCUT2D eigenvalue weighted by molar-refractivity contribution is 7.92. The Morgan fingerprint density at radius 3 is 2.08 bits per heavy atom. The van der Waals surface area contributed by atoms with Crippen molar-refractivity contribution < 1.29 is 18.0 Å². The van der Waals surface area contributed by atoms with E-state index >= 15 is 0 Å². The van der Waals surface area contributed by atoms with Gasteiger partial charge >= 0.3 is 0 Å². The third kappa shape index (κ3) is 7.32. The van der Waals surface area contributed by atoms with Gasteiger partial charge in [-0.3, -0.25) is 13.9 Å². The van der Waals surface area contributed by atoms with Crippen LogP contribution < -0.4 is 9.62 Å². The summed E-state index contributed by atoms with van der Waals surface area (Å²) in [6.07, 6.45) is 0.300. The molecule has 0 saturated heterocycles. The monoisotopic (exact) mass is 589 g/mol. The number of sulfonamides is 1. The minimum Gasteiger partial charge on any atom is -0.355 e. The highest BCUT2D eigenvalue weighted by atomic mass is 35.5. The lowest BCUT2D eigenvalue weighted by Gasteiger charge is -2.33. The van der Waals surface area contributed by atoms with Crippen molar-refractivity contribution in [1.29, 1.82) is 0 Å². The number of amides is 2. The molecule has 3 aromatic carbocycles. The van der Waals surface area contributed by atoms with E-state index in [9.17, 15) is 18.0 Å². The van der Waals surface area contributed by atoms with E-state index in [1.807, 2.05) is 19.9 Å². The summed E-state index contributed by atoms with van der Waals surface area (Å²) in [7, 11) is -4.14. The van der Waals surface area contributed by atoms with Crippen molar-refractivity contribution in [1.82, 2.24) is 10.2 Å². The fourth-order valence-corrected chi connectivity index (χ4v) is 6.14. The summed E-state index contributed by atoms with van der Waals surface area (Å²) < 4.78 is 28.9. The Morgan fingerprint density at radius 2 is 1.51 bits per heavy atom. The molecule has 3 rings (SSSR count). The van der Waals surface area contributed by atoms with E-state index in [-0.39, 0.29) is 17.3 Å². The summed E-state index contributed by atoms with van der Waals surface area (Å²) in [5, 5.41) is 3.45. The van der Waals surface area contributed by atoms with Crippen molar-refractivity contribution in [3.05, 3.63) is 93.5 Å². The summed E-state index contributed by atoms with van der Waals surface area (Å²) in [5.74, 6) is -0.915. The van der Waals surface area contributed by atoms with Gasteiger partial charge in [-0.15, -0.1) is 0 Å². The molecule has 0 heterocycles. The molecule has 0 unspecified atom stereocenters. The number of benzene rings is 3. The first-order chi connectivity index (χ1) is 18.5. The largest absolute Gasteiger partial charge is 0.355 e. The SMILES string of the molecule is CCNC(=O)[C@H](CC)N(Cc1c(Cl)cccc1Cl)C(=O)CN(c1cccc(C)c1)S(=O)(=O)c1ccc(C)cc1. The van der Waals surface area contributed by atoms with Gasteiger partial charge in [0, 0.05) is 28.7 Å². The van der Waals surface area contributed by atoms with Gasteiger partial charge in [-0.1, -0.05) is 66.0 Å². The fraction of sp³-hybridized carbons (Fsp3) is 0.310. The number of hydrogen-bond acceptors (Lipinski definition) is 4. The number of rotatable bonds is 11. The quantitative estimate of drug-likeness (QED) is 0.308. The normalized spacial score (nSPS) is 12.1. The van der Waals surface area contributed by atoms with Crippen LogP contribution in [0.25, 0.3) is 0 Å². The molecule has 0 spiro atoms. The molecule has 0 aliphatic heterocycles. The van der Waals surface area contributed by atoms with Crippen molar-refractivity contribution >= 4 is 50.7 Å². The van der Waals surface area contributed by atoms with Gasteiger partial charge in [-0.25, -0.2) is 8.42 Å². The van der Waals surface area contributed by atoms with Gasteiger partial charge in [0.05, 0.1) is 10.6 Å². The predicted molar refractivity (Wildman–Crippen MR) is 157 cm³/mol. The van der Waals surface area contributed by atoms with E-state index in [4.69, 9.17) is 23.2 Å². The summed E-state index contributed by atoms with van der Waals surface area (Å²) in [5.41, 5.74) is 2.55. The van der Waals surface area contributed by atoms with Gasteiger partial charge in [0.2, 0.25) is 11.8 Å². The zero-order valence-corrected chi connectivity index (χ0v) is 24.8. The second kappa shape index (κ2) is 13.3. The Balaban J connectivity index is 2.10. The van der Waals surface area contributed by atoms with Crippen molar-refractivity contribution in [3.8, 4) is 0 Å². The fourth-order valence-electron chi connectivity index (χ4n) is 4.21. The van der Waals surface area contributed by atoms with E-state index in [1.54, 1.807) is 62.4 Å². The minimum absolute atomic E-state index is 0.0545. The molecule has 39 heavy (non-hydrogen) atoms. The number of halogens is 2. The molecule has 0 aromatic heterocycles. The van der Waals surface area contributed by atoms with Gasteiger partial charge in [-0.05, 0) is 69.2 Å². The van der Waals surface area contributed by atoms with E-state index < -0.39 is 28.5 Å². The van der Waals surface area contributed by atoms with Crippen LogP contribution in [-0.2, 0) is 26.2 Å². The molecule has 1 N–H and O–H groups in total. The van der Waals surface area contributed by atoms with Gasteiger partial charge in [0.1, 0.15) is 12.6 Å². The maximum atomic E-state index is 14.0. The van der Waals surface area contributed by atoms with Crippen LogP contribution in [-0.4, -0.2) is 44.3 Å². The molecule has 10 heteroatoms. The van der Waals surface area contributed by atoms with Crippen LogP contribution in [0.5, 0.6) is 0 Å². The van der Waals surface area contributed by atoms with E-state index in [0.29, 0.717) is 34.3 Å². The number of nitrogens with zero attached hydrogens (tertiary/aromatic N) is 2. The van der Waals surface area contributed by atoms with Gasteiger partial charge < -0.3 is 10.2 Å². The second-order valence-electron chi connectivity index (χ2n) is 9.20. The highest BCUT2D eigenvalue weighted by Gasteiger charge is 2.34. The zero-order valence-electron chi connectivity index (χ0n) is 22.4. The van der Waals surface area contributed by atoms with Gasteiger partial charge in [0.15, 0.2) is 0 Å². The molecule has 7 nitrogen and oxygen atoms in total. The van der Waals surface area contributed by atoms with Crippen molar-refractivity contribution in [2.75, 3.05) is 17.4 Å². The Kier molecular flexibility index (Phi) is 10.4. The van der Waals surface area contributed by atoms with Crippen molar-refractivity contribution in [2.45, 2.75) is 51.6 Å². The number of nitrogens with one attached hydrogen (secondary N) is 1. The molecule has 0 aliphatic carbocycles. The molecule has 0 fully saturated rings. The number of likely N-dealkylation sites (N-methyl/N-ethyl adjacent to an activating group) is 1. The average Bonchev–Trinajstić information content (AvgIpc) is 2.89. The van der Waals surface area contributed by atoms with Crippen LogP contribution in [0, 0.1) is 13.8 Å². The Labute approximate surface area is 240 Å². The molecule has 0 radical (unpaired) electrons. The zero-order chi connectivity index (χ0) is 28.7.